The van der Waals surface area contributed by atoms with Crippen LogP contribution in [0, 0.1) is 10.1 Å². The van der Waals surface area contributed by atoms with Crippen molar-refractivity contribution in [1.82, 2.24) is 4.57 Å². The van der Waals surface area contributed by atoms with Crippen molar-refractivity contribution in [3.63, 3.8) is 0 Å². The summed E-state index contributed by atoms with van der Waals surface area (Å²) in [4.78, 5) is 27.6. The summed E-state index contributed by atoms with van der Waals surface area (Å²) in [6, 6.07) is 11.8. The summed E-state index contributed by atoms with van der Waals surface area (Å²) in [6.45, 7) is 7.00. The van der Waals surface area contributed by atoms with Gasteiger partial charge in [-0.15, -0.1) is 0 Å². The molecule has 0 saturated heterocycles. The number of benzene rings is 2. The summed E-state index contributed by atoms with van der Waals surface area (Å²) in [5.74, 6) is 0.0245. The maximum atomic E-state index is 12.5. The van der Waals surface area contributed by atoms with Gasteiger partial charge in [0.15, 0.2) is 4.80 Å². The van der Waals surface area contributed by atoms with Crippen molar-refractivity contribution in [2.24, 2.45) is 4.99 Å². The van der Waals surface area contributed by atoms with E-state index in [4.69, 9.17) is 0 Å². The first-order chi connectivity index (χ1) is 12.4. The van der Waals surface area contributed by atoms with E-state index in [1.54, 1.807) is 0 Å². The lowest BCUT2D eigenvalue weighted by atomic mass is 10.0. The molecule has 1 amide bonds. The standard InChI is InChI=1S/C19H19N3O3S/c1-4-21-16-10-7-14(12(2)3)11-17(16)26-19(21)20-18(23)13-5-8-15(9-6-13)22(24)25/h5-12H,4H2,1-3H3. The molecule has 26 heavy (non-hydrogen) atoms. The lowest BCUT2D eigenvalue weighted by molar-refractivity contribution is -0.384. The highest BCUT2D eigenvalue weighted by atomic mass is 32.1. The molecule has 7 heteroatoms. The minimum absolute atomic E-state index is 0.0479. The van der Waals surface area contributed by atoms with E-state index in [0.29, 0.717) is 22.8 Å². The number of amides is 1. The number of hydrogen-bond donors (Lipinski definition) is 0. The Morgan fingerprint density at radius 1 is 1.23 bits per heavy atom. The zero-order chi connectivity index (χ0) is 18.8. The fraction of sp³-hybridized carbons (Fsp3) is 0.263. The zero-order valence-electron chi connectivity index (χ0n) is 14.8. The number of hydrogen-bond acceptors (Lipinski definition) is 4. The second kappa shape index (κ2) is 7.21. The number of non-ortho nitro benzene ring substituents is 1. The number of fused-ring (bicyclic) bond motifs is 1. The van der Waals surface area contributed by atoms with Crippen molar-refractivity contribution in [1.29, 1.82) is 0 Å². The molecule has 0 N–H and O–H groups in total. The van der Waals surface area contributed by atoms with E-state index < -0.39 is 10.8 Å². The third-order valence-electron chi connectivity index (χ3n) is 4.21. The second-order valence-corrected chi connectivity index (χ2v) is 7.24. The van der Waals surface area contributed by atoms with Crippen LogP contribution in [0.3, 0.4) is 0 Å². The summed E-state index contributed by atoms with van der Waals surface area (Å²) in [6.07, 6.45) is 0. The van der Waals surface area contributed by atoms with E-state index in [9.17, 15) is 14.9 Å². The number of thiazole rings is 1. The molecule has 0 aliphatic rings. The van der Waals surface area contributed by atoms with E-state index in [1.165, 1.54) is 41.2 Å². The molecule has 0 bridgehead atoms. The molecule has 2 aromatic carbocycles. The predicted octanol–water partition coefficient (Wildman–Crippen LogP) is 4.50. The van der Waals surface area contributed by atoms with Crippen LogP contribution in [-0.4, -0.2) is 15.4 Å². The third kappa shape index (κ3) is 3.43. The van der Waals surface area contributed by atoms with Crippen molar-refractivity contribution in [3.05, 3.63) is 68.5 Å². The Balaban J connectivity index is 2.05. The van der Waals surface area contributed by atoms with Crippen LogP contribution in [0.5, 0.6) is 0 Å². The van der Waals surface area contributed by atoms with Crippen molar-refractivity contribution < 1.29 is 9.72 Å². The highest BCUT2D eigenvalue weighted by Crippen LogP contribution is 2.23. The highest BCUT2D eigenvalue weighted by molar-refractivity contribution is 7.16. The summed E-state index contributed by atoms with van der Waals surface area (Å²) >= 11 is 1.48. The van der Waals surface area contributed by atoms with Crippen molar-refractivity contribution in [2.75, 3.05) is 0 Å². The van der Waals surface area contributed by atoms with Crippen LogP contribution in [0.4, 0.5) is 5.69 Å². The minimum atomic E-state index is -0.491. The van der Waals surface area contributed by atoms with Gasteiger partial charge in [-0.2, -0.15) is 4.99 Å². The summed E-state index contributed by atoms with van der Waals surface area (Å²) in [5, 5.41) is 10.7. The van der Waals surface area contributed by atoms with Gasteiger partial charge in [0.1, 0.15) is 0 Å². The Labute approximate surface area is 154 Å². The molecular weight excluding hydrogens is 350 g/mol. The molecule has 0 fully saturated rings. The Morgan fingerprint density at radius 3 is 2.50 bits per heavy atom. The first kappa shape index (κ1) is 18.0. The summed E-state index contributed by atoms with van der Waals surface area (Å²) < 4.78 is 3.10. The zero-order valence-corrected chi connectivity index (χ0v) is 15.6. The largest absolute Gasteiger partial charge is 0.317 e. The Morgan fingerprint density at radius 2 is 1.92 bits per heavy atom. The maximum absolute atomic E-state index is 12.5. The van der Waals surface area contributed by atoms with E-state index in [2.05, 4.69) is 37.0 Å². The molecule has 0 saturated carbocycles. The minimum Gasteiger partial charge on any atom is -0.317 e. The fourth-order valence-electron chi connectivity index (χ4n) is 2.72. The predicted molar refractivity (Wildman–Crippen MR) is 103 cm³/mol. The SMILES string of the molecule is CCn1c(=NC(=O)c2ccc([N+](=O)[O-])cc2)sc2cc(C(C)C)ccc21. The molecule has 0 aliphatic carbocycles. The van der Waals surface area contributed by atoms with Gasteiger partial charge < -0.3 is 4.57 Å². The van der Waals surface area contributed by atoms with Gasteiger partial charge in [0.2, 0.25) is 0 Å². The molecule has 6 nitrogen and oxygen atoms in total. The molecule has 3 rings (SSSR count). The Hall–Kier alpha value is -2.80. The maximum Gasteiger partial charge on any atom is 0.279 e. The van der Waals surface area contributed by atoms with E-state index >= 15 is 0 Å². The van der Waals surface area contributed by atoms with Crippen molar-refractivity contribution in [2.45, 2.75) is 33.2 Å². The second-order valence-electron chi connectivity index (χ2n) is 6.23. The number of carbonyl (C=O) groups is 1. The van der Waals surface area contributed by atoms with E-state index in [-0.39, 0.29) is 5.69 Å². The van der Waals surface area contributed by atoms with Crippen LogP contribution in [0.1, 0.15) is 42.6 Å². The van der Waals surface area contributed by atoms with Gasteiger partial charge in [-0.05, 0) is 42.7 Å². The van der Waals surface area contributed by atoms with Crippen LogP contribution < -0.4 is 4.80 Å². The average molecular weight is 369 g/mol. The first-order valence-corrected chi connectivity index (χ1v) is 9.19. The Bertz CT molecular complexity index is 1050. The van der Waals surface area contributed by atoms with Gasteiger partial charge in [0.25, 0.3) is 11.6 Å². The van der Waals surface area contributed by atoms with Crippen LogP contribution >= 0.6 is 11.3 Å². The van der Waals surface area contributed by atoms with Gasteiger partial charge in [0, 0.05) is 24.2 Å². The lowest BCUT2D eigenvalue weighted by Gasteiger charge is -2.05. The molecular formula is C19H19N3O3S. The van der Waals surface area contributed by atoms with Gasteiger partial charge in [-0.3, -0.25) is 14.9 Å². The molecule has 0 aliphatic heterocycles. The molecule has 1 heterocycles. The molecule has 0 unspecified atom stereocenters. The molecule has 0 radical (unpaired) electrons. The molecule has 134 valence electrons. The summed E-state index contributed by atoms with van der Waals surface area (Å²) in [7, 11) is 0. The molecule has 1 aromatic heterocycles. The van der Waals surface area contributed by atoms with Crippen molar-refractivity contribution in [3.8, 4) is 0 Å². The number of nitro benzene ring substituents is 1. The number of rotatable bonds is 4. The summed E-state index contributed by atoms with van der Waals surface area (Å²) in [5.41, 5.74) is 2.58. The van der Waals surface area contributed by atoms with Crippen molar-refractivity contribution >= 4 is 33.1 Å². The number of aryl methyl sites for hydroxylation is 1. The van der Waals surface area contributed by atoms with Crippen LogP contribution in [0.2, 0.25) is 0 Å². The smallest absolute Gasteiger partial charge is 0.279 e. The fourth-order valence-corrected chi connectivity index (χ4v) is 3.86. The monoisotopic (exact) mass is 369 g/mol. The van der Waals surface area contributed by atoms with Gasteiger partial charge in [0.05, 0.1) is 15.1 Å². The first-order valence-electron chi connectivity index (χ1n) is 8.37. The van der Waals surface area contributed by atoms with Gasteiger partial charge in [-0.25, -0.2) is 0 Å². The van der Waals surface area contributed by atoms with Crippen LogP contribution in [-0.2, 0) is 6.54 Å². The lowest BCUT2D eigenvalue weighted by Crippen LogP contribution is -2.15. The normalized spacial score (nSPS) is 12.1. The number of nitro groups is 1. The quantitative estimate of drug-likeness (QED) is 0.502. The highest BCUT2D eigenvalue weighted by Gasteiger charge is 2.11. The van der Waals surface area contributed by atoms with E-state index in [0.717, 1.165) is 10.2 Å². The number of aromatic nitrogens is 1. The topological polar surface area (TPSA) is 77.5 Å². The third-order valence-corrected chi connectivity index (χ3v) is 5.25. The van der Waals surface area contributed by atoms with Crippen LogP contribution in [0.25, 0.3) is 10.2 Å². The number of carbonyl (C=O) groups excluding carboxylic acids is 1. The molecule has 0 spiro atoms. The van der Waals surface area contributed by atoms with Crippen LogP contribution in [0.15, 0.2) is 47.5 Å². The Kier molecular flexibility index (Phi) is 4.99. The molecule has 3 aromatic rings. The van der Waals surface area contributed by atoms with Gasteiger partial charge in [-0.1, -0.05) is 31.3 Å². The average Bonchev–Trinajstić information content (AvgIpc) is 2.97. The van der Waals surface area contributed by atoms with Gasteiger partial charge >= 0.3 is 0 Å². The molecule has 0 atom stereocenters. The van der Waals surface area contributed by atoms with E-state index in [1.807, 2.05) is 11.5 Å². The number of nitrogens with zero attached hydrogens (tertiary/aromatic N) is 3.